The summed E-state index contributed by atoms with van der Waals surface area (Å²) in [4.78, 5) is 0. The molecule has 0 amide bonds. The van der Waals surface area contributed by atoms with Gasteiger partial charge in [0.1, 0.15) is 5.82 Å². The van der Waals surface area contributed by atoms with E-state index in [1.165, 1.54) is 12.1 Å². The maximum absolute atomic E-state index is 13.3. The van der Waals surface area contributed by atoms with E-state index in [1.807, 2.05) is 0 Å². The average molecular weight is 330 g/mol. The zero-order valence-corrected chi connectivity index (χ0v) is 13.5. The summed E-state index contributed by atoms with van der Waals surface area (Å²) in [6.07, 6.45) is 4.88. The number of benzene rings is 1. The Bertz CT molecular complexity index is 468. The molecule has 1 aromatic rings. The van der Waals surface area contributed by atoms with Crippen LogP contribution in [0.1, 0.15) is 43.8 Å². The van der Waals surface area contributed by atoms with Crippen LogP contribution in [0.15, 0.2) is 24.3 Å². The number of rotatable bonds is 4. The number of hydrogen-bond donors (Lipinski definition) is 2. The van der Waals surface area contributed by atoms with Crippen molar-refractivity contribution in [1.82, 2.24) is 5.32 Å². The van der Waals surface area contributed by atoms with Gasteiger partial charge in [-0.05, 0) is 55.7 Å². The first-order valence-corrected chi connectivity index (χ1v) is 7.99. The predicted octanol–water partition coefficient (Wildman–Crippen LogP) is 3.22. The standard InChI is InChI=1S/C17H24FNO2.ClH/c18-14-3-1-2-13(11-14)17(20)16-5-4-15(19-16)10-12-6-8-21-9-7-12;/h1-3,11-12,15-17,19-20H,4-10H2;1H/t15-,16+,17+;/m0./s1. The van der Waals surface area contributed by atoms with Crippen molar-refractivity contribution in [3.63, 3.8) is 0 Å². The molecule has 5 heteroatoms. The van der Waals surface area contributed by atoms with Crippen LogP contribution >= 0.6 is 12.4 Å². The van der Waals surface area contributed by atoms with Gasteiger partial charge in [0, 0.05) is 25.3 Å². The summed E-state index contributed by atoms with van der Waals surface area (Å²) in [6.45, 7) is 1.76. The Morgan fingerprint density at radius 1 is 1.23 bits per heavy atom. The normalized spacial score (nSPS) is 27.4. The molecule has 0 unspecified atom stereocenters. The quantitative estimate of drug-likeness (QED) is 0.891. The topological polar surface area (TPSA) is 41.5 Å². The molecule has 0 saturated carbocycles. The molecule has 0 spiro atoms. The van der Waals surface area contributed by atoms with Crippen molar-refractivity contribution in [3.8, 4) is 0 Å². The van der Waals surface area contributed by atoms with Crippen LogP contribution in [-0.2, 0) is 4.74 Å². The van der Waals surface area contributed by atoms with Gasteiger partial charge in [-0.3, -0.25) is 0 Å². The highest BCUT2D eigenvalue weighted by Crippen LogP contribution is 2.30. The minimum Gasteiger partial charge on any atom is -0.387 e. The highest BCUT2D eigenvalue weighted by Gasteiger charge is 2.31. The molecule has 3 nitrogen and oxygen atoms in total. The molecule has 2 fully saturated rings. The van der Waals surface area contributed by atoms with Gasteiger partial charge in [0.25, 0.3) is 0 Å². The van der Waals surface area contributed by atoms with E-state index in [1.54, 1.807) is 12.1 Å². The summed E-state index contributed by atoms with van der Waals surface area (Å²) in [6, 6.07) is 6.80. The molecular formula is C17H25ClFNO2. The van der Waals surface area contributed by atoms with Crippen LogP contribution in [0.25, 0.3) is 0 Å². The van der Waals surface area contributed by atoms with Gasteiger partial charge in [0.05, 0.1) is 6.10 Å². The van der Waals surface area contributed by atoms with Crippen LogP contribution in [0.2, 0.25) is 0 Å². The number of ether oxygens (including phenoxy) is 1. The lowest BCUT2D eigenvalue weighted by molar-refractivity contribution is 0.0604. The molecule has 22 heavy (non-hydrogen) atoms. The molecule has 0 aromatic heterocycles. The first-order valence-electron chi connectivity index (χ1n) is 7.99. The molecule has 2 N–H and O–H groups in total. The SMILES string of the molecule is Cl.O[C@H](c1cccc(F)c1)[C@H]1CC[C@@H](CC2CCOCC2)N1. The summed E-state index contributed by atoms with van der Waals surface area (Å²) < 4.78 is 18.7. The van der Waals surface area contributed by atoms with Gasteiger partial charge in [-0.15, -0.1) is 12.4 Å². The van der Waals surface area contributed by atoms with Crippen LogP contribution in [-0.4, -0.2) is 30.4 Å². The molecule has 2 aliphatic heterocycles. The summed E-state index contributed by atoms with van der Waals surface area (Å²) in [5, 5.41) is 14.0. The molecule has 3 atom stereocenters. The third-order valence-corrected chi connectivity index (χ3v) is 4.81. The Balaban J connectivity index is 0.00000176. The fourth-order valence-corrected chi connectivity index (χ4v) is 3.59. The highest BCUT2D eigenvalue weighted by molar-refractivity contribution is 5.85. The molecule has 0 radical (unpaired) electrons. The third-order valence-electron chi connectivity index (χ3n) is 4.81. The van der Waals surface area contributed by atoms with Crippen molar-refractivity contribution in [1.29, 1.82) is 0 Å². The van der Waals surface area contributed by atoms with Gasteiger partial charge >= 0.3 is 0 Å². The van der Waals surface area contributed by atoms with Crippen molar-refractivity contribution < 1.29 is 14.2 Å². The summed E-state index contributed by atoms with van der Waals surface area (Å²) in [5.74, 6) is 0.449. The van der Waals surface area contributed by atoms with Crippen molar-refractivity contribution in [3.05, 3.63) is 35.6 Å². The summed E-state index contributed by atoms with van der Waals surface area (Å²) in [7, 11) is 0. The minimum absolute atomic E-state index is 0. The number of aliphatic hydroxyl groups is 1. The van der Waals surface area contributed by atoms with Gasteiger partial charge in [-0.2, -0.15) is 0 Å². The second kappa shape index (κ2) is 8.25. The van der Waals surface area contributed by atoms with Gasteiger partial charge in [-0.25, -0.2) is 4.39 Å². The van der Waals surface area contributed by atoms with E-state index in [0.29, 0.717) is 11.6 Å². The molecule has 1 aromatic carbocycles. The van der Waals surface area contributed by atoms with Crippen LogP contribution in [0.5, 0.6) is 0 Å². The van der Waals surface area contributed by atoms with Crippen LogP contribution in [0, 0.1) is 11.7 Å². The number of hydrogen-bond acceptors (Lipinski definition) is 3. The molecule has 3 rings (SSSR count). The van der Waals surface area contributed by atoms with E-state index < -0.39 is 6.10 Å². The smallest absolute Gasteiger partial charge is 0.123 e. The number of halogens is 2. The predicted molar refractivity (Wildman–Crippen MR) is 86.7 cm³/mol. The average Bonchev–Trinajstić information content (AvgIpc) is 2.96. The first kappa shape index (κ1) is 17.7. The Morgan fingerprint density at radius 2 is 2.00 bits per heavy atom. The van der Waals surface area contributed by atoms with E-state index in [4.69, 9.17) is 4.74 Å². The van der Waals surface area contributed by atoms with E-state index in [2.05, 4.69) is 5.32 Å². The largest absolute Gasteiger partial charge is 0.387 e. The highest BCUT2D eigenvalue weighted by atomic mass is 35.5. The summed E-state index contributed by atoms with van der Waals surface area (Å²) in [5.41, 5.74) is 0.666. The molecule has 2 saturated heterocycles. The van der Waals surface area contributed by atoms with E-state index >= 15 is 0 Å². The lowest BCUT2D eigenvalue weighted by atomic mass is 9.92. The van der Waals surface area contributed by atoms with Crippen LogP contribution in [0.4, 0.5) is 4.39 Å². The molecule has 0 bridgehead atoms. The van der Waals surface area contributed by atoms with Crippen molar-refractivity contribution >= 4 is 12.4 Å². The Kier molecular flexibility index (Phi) is 6.63. The van der Waals surface area contributed by atoms with Crippen molar-refractivity contribution in [2.75, 3.05) is 13.2 Å². The van der Waals surface area contributed by atoms with Crippen molar-refractivity contribution in [2.24, 2.45) is 5.92 Å². The van der Waals surface area contributed by atoms with Gasteiger partial charge in [-0.1, -0.05) is 12.1 Å². The summed E-state index contributed by atoms with van der Waals surface area (Å²) >= 11 is 0. The lowest BCUT2D eigenvalue weighted by Crippen LogP contribution is -2.35. The van der Waals surface area contributed by atoms with E-state index in [-0.39, 0.29) is 24.3 Å². The van der Waals surface area contributed by atoms with Crippen molar-refractivity contribution in [2.45, 2.75) is 50.3 Å². The number of nitrogens with one attached hydrogen (secondary N) is 1. The fraction of sp³-hybridized carbons (Fsp3) is 0.647. The Labute approximate surface area is 137 Å². The Morgan fingerprint density at radius 3 is 2.73 bits per heavy atom. The van der Waals surface area contributed by atoms with Gasteiger partial charge < -0.3 is 15.2 Å². The molecule has 124 valence electrons. The second-order valence-corrected chi connectivity index (χ2v) is 6.34. The van der Waals surface area contributed by atoms with Crippen LogP contribution < -0.4 is 5.32 Å². The van der Waals surface area contributed by atoms with E-state index in [9.17, 15) is 9.50 Å². The maximum atomic E-state index is 13.3. The molecular weight excluding hydrogens is 305 g/mol. The first-order chi connectivity index (χ1) is 10.2. The van der Waals surface area contributed by atoms with E-state index in [0.717, 1.165) is 51.2 Å². The molecule has 2 aliphatic rings. The Hall–Kier alpha value is -0.680. The van der Waals surface area contributed by atoms with Gasteiger partial charge in [0.15, 0.2) is 0 Å². The van der Waals surface area contributed by atoms with Gasteiger partial charge in [0.2, 0.25) is 0 Å². The molecule has 2 heterocycles. The maximum Gasteiger partial charge on any atom is 0.123 e. The zero-order chi connectivity index (χ0) is 14.7. The monoisotopic (exact) mass is 329 g/mol. The zero-order valence-electron chi connectivity index (χ0n) is 12.7. The third kappa shape index (κ3) is 4.42. The minimum atomic E-state index is -0.625. The fourth-order valence-electron chi connectivity index (χ4n) is 3.59. The second-order valence-electron chi connectivity index (χ2n) is 6.34. The lowest BCUT2D eigenvalue weighted by Gasteiger charge is -2.26. The molecule has 0 aliphatic carbocycles. The van der Waals surface area contributed by atoms with Crippen LogP contribution in [0.3, 0.4) is 0 Å². The number of aliphatic hydroxyl groups excluding tert-OH is 1.